The summed E-state index contributed by atoms with van der Waals surface area (Å²) in [6.07, 6.45) is 2.78. The summed E-state index contributed by atoms with van der Waals surface area (Å²) in [7, 11) is -1.88. The van der Waals surface area contributed by atoms with Crippen LogP contribution in [0.25, 0.3) is 0 Å². The lowest BCUT2D eigenvalue weighted by Crippen LogP contribution is -2.25. The highest BCUT2D eigenvalue weighted by Gasteiger charge is 2.15. The number of pyridine rings is 1. The lowest BCUT2D eigenvalue weighted by Gasteiger charge is -2.06. The van der Waals surface area contributed by atoms with Crippen molar-refractivity contribution in [3.63, 3.8) is 0 Å². The number of hydrogen-bond acceptors (Lipinski definition) is 6. The van der Waals surface area contributed by atoms with Gasteiger partial charge >= 0.3 is 0 Å². The molecule has 2 aromatic rings. The lowest BCUT2D eigenvalue weighted by atomic mass is 10.4. The second-order valence-electron chi connectivity index (χ2n) is 3.87. The van der Waals surface area contributed by atoms with E-state index in [-0.39, 0.29) is 18.0 Å². The van der Waals surface area contributed by atoms with Crippen LogP contribution >= 0.6 is 0 Å². The molecule has 0 bridgehead atoms. The van der Waals surface area contributed by atoms with Crippen LogP contribution in [0.1, 0.15) is 11.5 Å². The Balaban J connectivity index is 2.11. The molecule has 0 radical (unpaired) electrons. The molecule has 8 nitrogen and oxygen atoms in total. The molecule has 0 aliphatic rings. The van der Waals surface area contributed by atoms with E-state index in [0.717, 1.165) is 0 Å². The van der Waals surface area contributed by atoms with Crippen molar-refractivity contribution in [2.24, 2.45) is 12.8 Å². The molecule has 0 spiro atoms. The largest absolute Gasteiger partial charge is 0.325 e. The summed E-state index contributed by atoms with van der Waals surface area (Å²) >= 11 is 0. The van der Waals surface area contributed by atoms with Gasteiger partial charge < -0.3 is 10.3 Å². The fourth-order valence-corrected chi connectivity index (χ4v) is 2.33. The maximum Gasteiger partial charge on any atom is 0.242 e. The molecule has 0 unspecified atom stereocenters. The van der Waals surface area contributed by atoms with E-state index in [0.29, 0.717) is 11.5 Å². The molecule has 3 N–H and O–H groups in total. The fourth-order valence-electron chi connectivity index (χ4n) is 1.40. The summed E-state index contributed by atoms with van der Waals surface area (Å²) < 4.78 is 28.1. The minimum absolute atomic E-state index is 0.0669. The third-order valence-corrected chi connectivity index (χ3v) is 3.93. The minimum atomic E-state index is -3.61. The number of aryl methyl sites for hydroxylation is 1. The van der Waals surface area contributed by atoms with Gasteiger partial charge in [0.1, 0.15) is 17.0 Å². The number of nitrogens with two attached hydrogens (primary N) is 1. The molecular formula is C10H14N6O2S. The average molecular weight is 282 g/mol. The Kier molecular flexibility index (Phi) is 3.88. The van der Waals surface area contributed by atoms with Crippen molar-refractivity contribution in [3.05, 3.63) is 36.2 Å². The van der Waals surface area contributed by atoms with Crippen LogP contribution in [0, 0.1) is 0 Å². The first-order chi connectivity index (χ1) is 9.03. The molecule has 0 aromatic carbocycles. The zero-order valence-electron chi connectivity index (χ0n) is 10.3. The Bertz CT molecular complexity index is 649. The molecule has 0 aliphatic carbocycles. The van der Waals surface area contributed by atoms with Crippen LogP contribution in [0.15, 0.2) is 29.6 Å². The van der Waals surface area contributed by atoms with Gasteiger partial charge in [0.05, 0.1) is 12.2 Å². The van der Waals surface area contributed by atoms with Crippen LogP contribution in [-0.2, 0) is 30.2 Å². The molecule has 0 fully saturated rings. The monoisotopic (exact) mass is 282 g/mol. The van der Waals surface area contributed by atoms with Gasteiger partial charge in [-0.2, -0.15) is 0 Å². The molecule has 2 rings (SSSR count). The molecule has 2 heterocycles. The van der Waals surface area contributed by atoms with Gasteiger partial charge in [0, 0.05) is 19.8 Å². The minimum Gasteiger partial charge on any atom is -0.325 e. The van der Waals surface area contributed by atoms with Gasteiger partial charge in [-0.1, -0.05) is 0 Å². The number of rotatable bonds is 5. The second kappa shape index (κ2) is 5.43. The van der Waals surface area contributed by atoms with E-state index in [9.17, 15) is 8.42 Å². The van der Waals surface area contributed by atoms with Crippen molar-refractivity contribution in [2.75, 3.05) is 0 Å². The van der Waals surface area contributed by atoms with Crippen molar-refractivity contribution >= 4 is 10.0 Å². The Morgan fingerprint density at radius 2 is 2.21 bits per heavy atom. The first-order valence-electron chi connectivity index (χ1n) is 5.50. The fraction of sp³-hybridized carbons (Fsp3) is 0.300. The molecule has 0 atom stereocenters. The Labute approximate surface area is 110 Å². The van der Waals surface area contributed by atoms with Gasteiger partial charge in [0.15, 0.2) is 0 Å². The molecule has 0 saturated carbocycles. The van der Waals surface area contributed by atoms with Gasteiger partial charge in [0.25, 0.3) is 0 Å². The molecule has 102 valence electrons. The summed E-state index contributed by atoms with van der Waals surface area (Å²) in [5.41, 5.74) is 6.03. The molecule has 19 heavy (non-hydrogen) atoms. The highest BCUT2D eigenvalue weighted by Crippen LogP contribution is 2.08. The third-order valence-electron chi connectivity index (χ3n) is 2.54. The molecule has 0 aliphatic heterocycles. The van der Waals surface area contributed by atoms with Crippen LogP contribution < -0.4 is 10.5 Å². The van der Waals surface area contributed by atoms with Crippen molar-refractivity contribution in [2.45, 2.75) is 18.0 Å². The third kappa shape index (κ3) is 3.13. The highest BCUT2D eigenvalue weighted by atomic mass is 32.2. The normalized spacial score (nSPS) is 11.7. The summed E-state index contributed by atoms with van der Waals surface area (Å²) in [5, 5.41) is 7.46. The van der Waals surface area contributed by atoms with E-state index < -0.39 is 10.0 Å². The number of nitrogens with zero attached hydrogens (tertiary/aromatic N) is 4. The van der Waals surface area contributed by atoms with Crippen LogP contribution in [0.3, 0.4) is 0 Å². The van der Waals surface area contributed by atoms with E-state index in [2.05, 4.69) is 19.9 Å². The summed E-state index contributed by atoms with van der Waals surface area (Å²) in [6.45, 7) is 0.337. The second-order valence-corrected chi connectivity index (χ2v) is 5.64. The van der Waals surface area contributed by atoms with Gasteiger partial charge in [-0.05, 0) is 12.1 Å². The van der Waals surface area contributed by atoms with E-state index in [1.54, 1.807) is 17.7 Å². The highest BCUT2D eigenvalue weighted by molar-refractivity contribution is 7.89. The number of nitrogens with one attached hydrogen (secondary N) is 1. The SMILES string of the molecule is Cn1cnnc1CNS(=O)(=O)c1ccc(CN)nc1. The van der Waals surface area contributed by atoms with Crippen LogP contribution in [0.2, 0.25) is 0 Å². The summed E-state index contributed by atoms with van der Waals surface area (Å²) in [6, 6.07) is 3.05. The number of aromatic nitrogens is 4. The smallest absolute Gasteiger partial charge is 0.242 e. The Morgan fingerprint density at radius 3 is 2.74 bits per heavy atom. The zero-order valence-corrected chi connectivity index (χ0v) is 11.1. The predicted octanol–water partition coefficient (Wildman–Crippen LogP) is -0.853. The van der Waals surface area contributed by atoms with Gasteiger partial charge in [-0.15, -0.1) is 10.2 Å². The molecule has 9 heteroatoms. The molecule has 0 amide bonds. The van der Waals surface area contributed by atoms with Crippen molar-refractivity contribution in [1.29, 1.82) is 0 Å². The summed E-state index contributed by atoms with van der Waals surface area (Å²) in [5.74, 6) is 0.523. The number of hydrogen-bond donors (Lipinski definition) is 2. The average Bonchev–Trinajstić information content (AvgIpc) is 2.82. The van der Waals surface area contributed by atoms with E-state index in [1.807, 2.05) is 0 Å². The zero-order chi connectivity index (χ0) is 13.9. The van der Waals surface area contributed by atoms with E-state index in [4.69, 9.17) is 5.73 Å². The first-order valence-corrected chi connectivity index (χ1v) is 6.99. The van der Waals surface area contributed by atoms with Gasteiger partial charge in [-0.25, -0.2) is 13.1 Å². The Morgan fingerprint density at radius 1 is 1.42 bits per heavy atom. The molecular weight excluding hydrogens is 268 g/mol. The van der Waals surface area contributed by atoms with Gasteiger partial charge in [0.2, 0.25) is 10.0 Å². The predicted molar refractivity (Wildman–Crippen MR) is 67.2 cm³/mol. The van der Waals surface area contributed by atoms with Crippen LogP contribution in [0.4, 0.5) is 0 Å². The van der Waals surface area contributed by atoms with E-state index in [1.165, 1.54) is 18.6 Å². The van der Waals surface area contributed by atoms with E-state index >= 15 is 0 Å². The lowest BCUT2D eigenvalue weighted by molar-refractivity contribution is 0.577. The topological polar surface area (TPSA) is 116 Å². The molecule has 2 aromatic heterocycles. The van der Waals surface area contributed by atoms with Crippen molar-refractivity contribution in [3.8, 4) is 0 Å². The van der Waals surface area contributed by atoms with Crippen molar-refractivity contribution in [1.82, 2.24) is 24.5 Å². The Hall–Kier alpha value is -1.84. The van der Waals surface area contributed by atoms with Crippen molar-refractivity contribution < 1.29 is 8.42 Å². The van der Waals surface area contributed by atoms with Crippen LogP contribution in [0.5, 0.6) is 0 Å². The van der Waals surface area contributed by atoms with Gasteiger partial charge in [-0.3, -0.25) is 4.98 Å². The standard InChI is InChI=1S/C10H14N6O2S/c1-16-7-13-15-10(16)6-14-19(17,18)9-3-2-8(4-11)12-5-9/h2-3,5,7,14H,4,6,11H2,1H3. The number of sulfonamides is 1. The summed E-state index contributed by atoms with van der Waals surface area (Å²) in [4.78, 5) is 4.04. The molecule has 0 saturated heterocycles. The quantitative estimate of drug-likeness (QED) is 0.737. The maximum atomic E-state index is 12.0. The first kappa shape index (κ1) is 13.6. The van der Waals surface area contributed by atoms with Crippen LogP contribution in [-0.4, -0.2) is 28.2 Å². The maximum absolute atomic E-state index is 12.0.